The maximum atomic E-state index is 6.82. The third-order valence-corrected chi connectivity index (χ3v) is 16.3. The Morgan fingerprint density at radius 3 is 1.97 bits per heavy atom. The summed E-state index contributed by atoms with van der Waals surface area (Å²) in [5.74, 6) is 0. The van der Waals surface area contributed by atoms with Crippen LogP contribution in [0.2, 0.25) is 36.3 Å². The van der Waals surface area contributed by atoms with Crippen LogP contribution in [0.5, 0.6) is 0 Å². The first-order valence-electron chi connectivity index (χ1n) is 11.8. The van der Waals surface area contributed by atoms with Gasteiger partial charge in [0.25, 0.3) is 0 Å². The molecule has 0 heterocycles. The molecule has 0 saturated carbocycles. The zero-order valence-electron chi connectivity index (χ0n) is 21.3. The van der Waals surface area contributed by atoms with Crippen LogP contribution >= 0.6 is 0 Å². The molecule has 0 unspecified atom stereocenters. The van der Waals surface area contributed by atoms with Crippen molar-refractivity contribution in [3.05, 3.63) is 24.3 Å². The number of hydrogen-bond donors (Lipinski definition) is 0. The summed E-state index contributed by atoms with van der Waals surface area (Å²) in [6, 6.07) is 0. The van der Waals surface area contributed by atoms with Crippen LogP contribution in [-0.4, -0.2) is 28.8 Å². The normalized spacial score (nSPS) is 21.4. The standard InChI is InChI=1S/C25H50O2Si2/c1-23(2,3)28(7,8)26-22-18-14-12-11-13-15-19-25(20-16-17-21-25)27-29(9,10)24(4,5)6/h15-16,19-20H,11-14,17-18,21-22H2,1-10H3/t25-/m0/s1. The van der Waals surface area contributed by atoms with Gasteiger partial charge in [-0.25, -0.2) is 0 Å². The maximum absolute atomic E-state index is 6.82. The fourth-order valence-electron chi connectivity index (χ4n) is 3.11. The van der Waals surface area contributed by atoms with E-state index >= 15 is 0 Å². The third-order valence-electron chi connectivity index (χ3n) is 7.29. The molecule has 1 aliphatic carbocycles. The van der Waals surface area contributed by atoms with Gasteiger partial charge in [-0.15, -0.1) is 0 Å². The summed E-state index contributed by atoms with van der Waals surface area (Å²) in [5, 5.41) is 0.561. The van der Waals surface area contributed by atoms with Crippen molar-refractivity contribution in [2.75, 3.05) is 6.61 Å². The molecular weight excluding hydrogens is 388 g/mol. The summed E-state index contributed by atoms with van der Waals surface area (Å²) in [6.07, 6.45) is 17.7. The van der Waals surface area contributed by atoms with Gasteiger partial charge in [0.05, 0.1) is 5.60 Å². The van der Waals surface area contributed by atoms with E-state index in [1.165, 1.54) is 25.7 Å². The number of hydrogen-bond acceptors (Lipinski definition) is 2. The van der Waals surface area contributed by atoms with Crippen LogP contribution in [0.1, 0.15) is 86.5 Å². The Hall–Kier alpha value is -0.166. The molecule has 0 bridgehead atoms. The van der Waals surface area contributed by atoms with E-state index in [0.29, 0.717) is 5.04 Å². The fraction of sp³-hybridized carbons (Fsp3) is 0.840. The van der Waals surface area contributed by atoms with Crippen molar-refractivity contribution in [2.45, 2.75) is 128 Å². The lowest BCUT2D eigenvalue weighted by Gasteiger charge is -2.42. The van der Waals surface area contributed by atoms with Crippen molar-refractivity contribution in [3.8, 4) is 0 Å². The lowest BCUT2D eigenvalue weighted by Crippen LogP contribution is -2.47. The minimum Gasteiger partial charge on any atom is -0.417 e. The molecule has 0 spiro atoms. The van der Waals surface area contributed by atoms with E-state index in [9.17, 15) is 0 Å². The highest BCUT2D eigenvalue weighted by Crippen LogP contribution is 2.42. The van der Waals surface area contributed by atoms with E-state index in [4.69, 9.17) is 8.85 Å². The molecule has 1 rings (SSSR count). The van der Waals surface area contributed by atoms with Crippen molar-refractivity contribution in [1.29, 1.82) is 0 Å². The number of unbranched alkanes of at least 4 members (excludes halogenated alkanes) is 4. The van der Waals surface area contributed by atoms with Crippen molar-refractivity contribution < 1.29 is 8.85 Å². The first-order chi connectivity index (χ1) is 13.1. The van der Waals surface area contributed by atoms with E-state index in [1.54, 1.807) is 0 Å². The SMILES string of the molecule is CC(C)(C)[Si](C)(C)OCCCCCCC=C[C@]1(O[Si](C)(C)C(C)(C)C)C=CCC1. The summed E-state index contributed by atoms with van der Waals surface area (Å²) in [7, 11) is -3.35. The minimum atomic E-state index is -1.77. The lowest BCUT2D eigenvalue weighted by molar-refractivity contribution is 0.150. The van der Waals surface area contributed by atoms with E-state index < -0.39 is 16.6 Å². The highest BCUT2D eigenvalue weighted by molar-refractivity contribution is 6.74. The molecule has 0 aromatic rings. The average molecular weight is 439 g/mol. The number of rotatable bonds is 11. The average Bonchev–Trinajstić information content (AvgIpc) is 2.99. The molecule has 0 saturated heterocycles. The zero-order valence-corrected chi connectivity index (χ0v) is 23.3. The Labute approximate surface area is 184 Å². The molecule has 4 heteroatoms. The lowest BCUT2D eigenvalue weighted by atomic mass is 10.0. The van der Waals surface area contributed by atoms with Crippen LogP contribution in [0.15, 0.2) is 24.3 Å². The minimum absolute atomic E-state index is 0.153. The summed E-state index contributed by atoms with van der Waals surface area (Å²) in [5.41, 5.74) is -0.153. The first kappa shape index (κ1) is 26.9. The molecule has 0 N–H and O–H groups in total. The second-order valence-corrected chi connectivity index (χ2v) is 21.5. The van der Waals surface area contributed by atoms with Crippen LogP contribution in [-0.2, 0) is 8.85 Å². The van der Waals surface area contributed by atoms with Crippen LogP contribution in [0.3, 0.4) is 0 Å². The van der Waals surface area contributed by atoms with E-state index in [-0.39, 0.29) is 10.6 Å². The van der Waals surface area contributed by atoms with Crippen LogP contribution < -0.4 is 0 Å². The molecule has 0 amide bonds. The Balaban J connectivity index is 2.35. The topological polar surface area (TPSA) is 18.5 Å². The summed E-state index contributed by atoms with van der Waals surface area (Å²) in [6.45, 7) is 24.3. The zero-order chi connectivity index (χ0) is 22.4. The molecule has 0 aliphatic heterocycles. The molecule has 1 atom stereocenters. The Kier molecular flexibility index (Phi) is 9.66. The van der Waals surface area contributed by atoms with Gasteiger partial charge in [-0.05, 0) is 68.4 Å². The second-order valence-electron chi connectivity index (χ2n) is 12.0. The highest BCUT2D eigenvalue weighted by Gasteiger charge is 2.43. The predicted octanol–water partition coefficient (Wildman–Crippen LogP) is 8.63. The van der Waals surface area contributed by atoms with Crippen molar-refractivity contribution in [1.82, 2.24) is 0 Å². The molecule has 1 aliphatic rings. The first-order valence-corrected chi connectivity index (χ1v) is 17.6. The van der Waals surface area contributed by atoms with Crippen LogP contribution in [0, 0.1) is 0 Å². The second kappa shape index (κ2) is 10.4. The van der Waals surface area contributed by atoms with Gasteiger partial charge in [0, 0.05) is 6.61 Å². The van der Waals surface area contributed by atoms with Crippen molar-refractivity contribution >= 4 is 16.6 Å². The van der Waals surface area contributed by atoms with Crippen molar-refractivity contribution in [3.63, 3.8) is 0 Å². The molecule has 0 aromatic carbocycles. The van der Waals surface area contributed by atoms with Gasteiger partial charge in [-0.1, -0.05) is 78.7 Å². The van der Waals surface area contributed by atoms with Gasteiger partial charge in [-0.3, -0.25) is 0 Å². The summed E-state index contributed by atoms with van der Waals surface area (Å²) in [4.78, 5) is 0. The molecule has 0 aromatic heterocycles. The van der Waals surface area contributed by atoms with E-state index in [2.05, 4.69) is 92.0 Å². The van der Waals surface area contributed by atoms with Crippen molar-refractivity contribution in [2.24, 2.45) is 0 Å². The summed E-state index contributed by atoms with van der Waals surface area (Å²) >= 11 is 0. The Bertz CT molecular complexity index is 550. The quantitative estimate of drug-likeness (QED) is 0.182. The Morgan fingerprint density at radius 1 is 0.862 bits per heavy atom. The highest BCUT2D eigenvalue weighted by atomic mass is 28.4. The van der Waals surface area contributed by atoms with Gasteiger partial charge in [-0.2, -0.15) is 0 Å². The molecule has 2 nitrogen and oxygen atoms in total. The number of allylic oxidation sites excluding steroid dienone is 2. The molecule has 0 radical (unpaired) electrons. The van der Waals surface area contributed by atoms with Gasteiger partial charge < -0.3 is 8.85 Å². The maximum Gasteiger partial charge on any atom is 0.193 e. The summed E-state index contributed by atoms with van der Waals surface area (Å²) < 4.78 is 13.1. The van der Waals surface area contributed by atoms with Gasteiger partial charge in [0.2, 0.25) is 0 Å². The van der Waals surface area contributed by atoms with E-state index in [1.807, 2.05) is 0 Å². The fourth-order valence-corrected chi connectivity index (χ4v) is 5.69. The molecule has 29 heavy (non-hydrogen) atoms. The monoisotopic (exact) mass is 438 g/mol. The Morgan fingerprint density at radius 2 is 1.45 bits per heavy atom. The molecule has 0 fully saturated rings. The van der Waals surface area contributed by atoms with Gasteiger partial charge in [0.15, 0.2) is 16.6 Å². The van der Waals surface area contributed by atoms with E-state index in [0.717, 1.165) is 25.9 Å². The van der Waals surface area contributed by atoms with Gasteiger partial charge >= 0.3 is 0 Å². The van der Waals surface area contributed by atoms with Crippen LogP contribution in [0.4, 0.5) is 0 Å². The van der Waals surface area contributed by atoms with Gasteiger partial charge in [0.1, 0.15) is 0 Å². The third kappa shape index (κ3) is 8.47. The largest absolute Gasteiger partial charge is 0.417 e. The molecule has 170 valence electrons. The predicted molar refractivity (Wildman–Crippen MR) is 135 cm³/mol. The smallest absolute Gasteiger partial charge is 0.193 e. The van der Waals surface area contributed by atoms with Crippen LogP contribution in [0.25, 0.3) is 0 Å². The molecular formula is C25H50O2Si2.